The van der Waals surface area contributed by atoms with Gasteiger partial charge in [-0.15, -0.1) is 0 Å². The van der Waals surface area contributed by atoms with Gasteiger partial charge in [0.05, 0.1) is 6.61 Å². The van der Waals surface area contributed by atoms with Gasteiger partial charge in [0.25, 0.3) is 8.32 Å². The molecule has 0 fully saturated rings. The summed E-state index contributed by atoms with van der Waals surface area (Å²) in [6.07, 6.45) is 4.34. The van der Waals surface area contributed by atoms with Gasteiger partial charge in [-0.25, -0.2) is 0 Å². The van der Waals surface area contributed by atoms with Gasteiger partial charge in [-0.05, 0) is 39.0 Å². The van der Waals surface area contributed by atoms with E-state index < -0.39 is 16.6 Å². The van der Waals surface area contributed by atoms with E-state index in [2.05, 4.69) is 141 Å². The van der Waals surface area contributed by atoms with Gasteiger partial charge in [0, 0.05) is 19.1 Å². The smallest absolute Gasteiger partial charge is 0.261 e. The van der Waals surface area contributed by atoms with Crippen LogP contribution in [0.5, 0.6) is 0 Å². The maximum atomic E-state index is 10.5. The molecular formula is C31H50O3Si2. The quantitative estimate of drug-likeness (QED) is 0.259. The van der Waals surface area contributed by atoms with Crippen molar-refractivity contribution in [2.24, 2.45) is 11.3 Å². The summed E-state index contributed by atoms with van der Waals surface area (Å²) in [5, 5.41) is 13.1. The second-order valence-corrected chi connectivity index (χ2v) is 22.3. The van der Waals surface area contributed by atoms with Crippen LogP contribution in [-0.2, 0) is 8.85 Å². The fourth-order valence-electron chi connectivity index (χ4n) is 4.45. The minimum atomic E-state index is -2.65. The van der Waals surface area contributed by atoms with Crippen LogP contribution in [0.1, 0.15) is 55.4 Å². The lowest BCUT2D eigenvalue weighted by Crippen LogP contribution is -2.67. The lowest BCUT2D eigenvalue weighted by Gasteiger charge is -2.44. The average Bonchev–Trinajstić information content (AvgIpc) is 2.79. The number of hydrogen-bond acceptors (Lipinski definition) is 3. The van der Waals surface area contributed by atoms with Crippen molar-refractivity contribution >= 4 is 27.0 Å². The number of aliphatic hydroxyl groups excluding tert-OH is 1. The standard InChI is InChI=1S/C31H50O3Si2/c1-29(2,3)35(9,10)33-23-17-22-31(7,8)26(24-32)25-34-36(30(4,5)6,27-18-13-11-14-19-27)28-20-15-12-16-21-28/h11-22,26,32H,23-25H2,1-10H3/b22-17+. The fourth-order valence-corrected chi connectivity index (χ4v) is 10.0. The summed E-state index contributed by atoms with van der Waals surface area (Å²) in [7, 11) is -4.44. The Labute approximate surface area is 223 Å². The number of rotatable bonds is 11. The first-order chi connectivity index (χ1) is 16.6. The molecule has 0 saturated carbocycles. The maximum Gasteiger partial charge on any atom is 0.261 e. The van der Waals surface area contributed by atoms with Gasteiger partial charge < -0.3 is 14.0 Å². The van der Waals surface area contributed by atoms with E-state index >= 15 is 0 Å². The number of hydrogen-bond donors (Lipinski definition) is 1. The van der Waals surface area contributed by atoms with E-state index in [9.17, 15) is 5.11 Å². The van der Waals surface area contributed by atoms with Gasteiger partial charge in [0.2, 0.25) is 0 Å². The van der Waals surface area contributed by atoms with Crippen molar-refractivity contribution in [1.29, 1.82) is 0 Å². The van der Waals surface area contributed by atoms with E-state index in [1.54, 1.807) is 0 Å². The van der Waals surface area contributed by atoms with Crippen molar-refractivity contribution in [2.45, 2.75) is 78.6 Å². The molecule has 0 aliphatic heterocycles. The van der Waals surface area contributed by atoms with E-state index in [1.165, 1.54) is 10.4 Å². The lowest BCUT2D eigenvalue weighted by molar-refractivity contribution is 0.0926. The molecule has 0 radical (unpaired) electrons. The summed E-state index contributed by atoms with van der Waals surface area (Å²) < 4.78 is 13.5. The molecule has 0 aromatic heterocycles. The molecule has 0 aliphatic rings. The third kappa shape index (κ3) is 7.07. The summed E-state index contributed by atoms with van der Waals surface area (Å²) in [6.45, 7) is 23.7. The summed E-state index contributed by atoms with van der Waals surface area (Å²) in [6, 6.07) is 21.4. The SMILES string of the molecule is CC(C)(/C=C/CO[Si](C)(C)C(C)(C)C)C(CO)CO[Si](c1ccccc1)(c1ccccc1)C(C)(C)C. The van der Waals surface area contributed by atoms with Crippen LogP contribution in [0.4, 0.5) is 0 Å². The molecule has 1 atom stereocenters. The lowest BCUT2D eigenvalue weighted by atomic mass is 9.79. The molecular weight excluding hydrogens is 477 g/mol. The molecule has 0 spiro atoms. The molecule has 3 nitrogen and oxygen atoms in total. The Balaban J connectivity index is 2.32. The van der Waals surface area contributed by atoms with Crippen LogP contribution in [0.2, 0.25) is 23.2 Å². The average molecular weight is 527 g/mol. The second kappa shape index (κ2) is 11.9. The first-order valence-corrected chi connectivity index (χ1v) is 18.1. The van der Waals surface area contributed by atoms with Crippen LogP contribution in [0.25, 0.3) is 0 Å². The number of aliphatic hydroxyl groups is 1. The highest BCUT2D eigenvalue weighted by atomic mass is 28.4. The minimum absolute atomic E-state index is 0.0386. The van der Waals surface area contributed by atoms with Crippen molar-refractivity contribution in [3.05, 3.63) is 72.8 Å². The molecule has 0 bridgehead atoms. The van der Waals surface area contributed by atoms with Gasteiger partial charge in [-0.1, -0.05) is 128 Å². The molecule has 200 valence electrons. The Bertz CT molecular complexity index is 915. The molecule has 2 rings (SSSR count). The Morgan fingerprint density at radius 2 is 1.22 bits per heavy atom. The highest BCUT2D eigenvalue weighted by Crippen LogP contribution is 2.39. The van der Waals surface area contributed by atoms with E-state index in [0.717, 1.165) is 0 Å². The largest absolute Gasteiger partial charge is 0.413 e. The Morgan fingerprint density at radius 3 is 1.61 bits per heavy atom. The van der Waals surface area contributed by atoms with E-state index in [1.807, 2.05) is 0 Å². The summed E-state index contributed by atoms with van der Waals surface area (Å²) in [4.78, 5) is 0. The molecule has 0 amide bonds. The van der Waals surface area contributed by atoms with Crippen LogP contribution in [-0.4, -0.2) is 41.6 Å². The third-order valence-electron chi connectivity index (χ3n) is 8.08. The minimum Gasteiger partial charge on any atom is -0.413 e. The van der Waals surface area contributed by atoms with Crippen LogP contribution >= 0.6 is 0 Å². The summed E-state index contributed by atoms with van der Waals surface area (Å²) in [5.74, 6) is -0.0386. The topological polar surface area (TPSA) is 38.7 Å². The molecule has 36 heavy (non-hydrogen) atoms. The van der Waals surface area contributed by atoms with Crippen LogP contribution in [0.3, 0.4) is 0 Å². The molecule has 0 heterocycles. The third-order valence-corrected chi connectivity index (χ3v) is 17.6. The maximum absolute atomic E-state index is 10.5. The zero-order valence-corrected chi connectivity index (χ0v) is 26.4. The van der Waals surface area contributed by atoms with Crippen molar-refractivity contribution in [3.8, 4) is 0 Å². The summed E-state index contributed by atoms with van der Waals surface area (Å²) in [5.41, 5.74) is -0.239. The Hall–Kier alpha value is -1.51. The van der Waals surface area contributed by atoms with Gasteiger partial charge in [0.1, 0.15) is 0 Å². The first kappa shape index (κ1) is 30.7. The number of allylic oxidation sites excluding steroid dienone is 1. The van der Waals surface area contributed by atoms with Crippen LogP contribution < -0.4 is 10.4 Å². The van der Waals surface area contributed by atoms with Crippen LogP contribution in [0.15, 0.2) is 72.8 Å². The monoisotopic (exact) mass is 526 g/mol. The van der Waals surface area contributed by atoms with Crippen LogP contribution in [0, 0.1) is 11.3 Å². The zero-order valence-electron chi connectivity index (χ0n) is 24.4. The zero-order chi connectivity index (χ0) is 27.3. The predicted octanol–water partition coefficient (Wildman–Crippen LogP) is 6.78. The van der Waals surface area contributed by atoms with E-state index in [0.29, 0.717) is 13.2 Å². The number of benzene rings is 2. The second-order valence-electron chi connectivity index (χ2n) is 13.1. The molecule has 1 unspecified atom stereocenters. The fraction of sp³-hybridized carbons (Fsp3) is 0.548. The van der Waals surface area contributed by atoms with Gasteiger partial charge >= 0.3 is 0 Å². The predicted molar refractivity (Wildman–Crippen MR) is 160 cm³/mol. The van der Waals surface area contributed by atoms with Gasteiger partial charge in [0.15, 0.2) is 8.32 Å². The molecule has 1 N–H and O–H groups in total. The molecule has 2 aromatic carbocycles. The molecule has 2 aromatic rings. The molecule has 5 heteroatoms. The molecule has 0 saturated heterocycles. The van der Waals surface area contributed by atoms with Crippen molar-refractivity contribution in [2.75, 3.05) is 19.8 Å². The van der Waals surface area contributed by atoms with E-state index in [-0.39, 0.29) is 28.0 Å². The van der Waals surface area contributed by atoms with Gasteiger partial charge in [-0.2, -0.15) is 0 Å². The Kier molecular flexibility index (Phi) is 10.2. The first-order valence-electron chi connectivity index (χ1n) is 13.3. The Morgan fingerprint density at radius 1 is 0.750 bits per heavy atom. The highest BCUT2D eigenvalue weighted by Gasteiger charge is 2.50. The normalized spacial score (nSPS) is 14.9. The summed E-state index contributed by atoms with van der Waals surface area (Å²) >= 11 is 0. The molecule has 0 aliphatic carbocycles. The van der Waals surface area contributed by atoms with E-state index in [4.69, 9.17) is 8.85 Å². The van der Waals surface area contributed by atoms with Crippen molar-refractivity contribution in [3.63, 3.8) is 0 Å². The van der Waals surface area contributed by atoms with Crippen molar-refractivity contribution in [1.82, 2.24) is 0 Å². The van der Waals surface area contributed by atoms with Gasteiger partial charge in [-0.3, -0.25) is 0 Å². The highest BCUT2D eigenvalue weighted by molar-refractivity contribution is 6.99. The van der Waals surface area contributed by atoms with Crippen molar-refractivity contribution < 1.29 is 14.0 Å².